The number of carboxylic acid groups (broad SMARTS) is 1. The number of carboxylic acids is 1. The van der Waals surface area contributed by atoms with Crippen molar-refractivity contribution in [3.05, 3.63) is 57.8 Å². The summed E-state index contributed by atoms with van der Waals surface area (Å²) in [6, 6.07) is 2.85. The van der Waals surface area contributed by atoms with E-state index in [4.69, 9.17) is 10.6 Å². The molecule has 4 heterocycles. The number of aromatic nitrogens is 2. The van der Waals surface area contributed by atoms with Crippen molar-refractivity contribution in [3.8, 4) is 0 Å². The first-order chi connectivity index (χ1) is 17.9. The summed E-state index contributed by atoms with van der Waals surface area (Å²) < 4.78 is 0. The fourth-order valence-electron chi connectivity index (χ4n) is 3.66. The van der Waals surface area contributed by atoms with E-state index in [0.717, 1.165) is 29.7 Å². The monoisotopic (exact) mass is 558 g/mol. The highest BCUT2D eigenvalue weighted by molar-refractivity contribution is 8.02. The minimum absolute atomic E-state index is 0.0280. The number of thioether (sulfide) groups is 2. The van der Waals surface area contributed by atoms with Gasteiger partial charge in [-0.2, -0.15) is 0 Å². The Morgan fingerprint density at radius 3 is 2.92 bits per heavy atom. The van der Waals surface area contributed by atoms with Gasteiger partial charge in [-0.15, -0.1) is 34.9 Å². The quantitative estimate of drug-likeness (QED) is 0.224. The van der Waals surface area contributed by atoms with Crippen LogP contribution in [0.3, 0.4) is 0 Å². The predicted molar refractivity (Wildman–Crippen MR) is 143 cm³/mol. The van der Waals surface area contributed by atoms with Crippen LogP contribution in [0.5, 0.6) is 0 Å². The molecule has 0 aromatic carbocycles. The Hall–Kier alpha value is -3.36. The molecule has 2 aromatic heterocycles. The van der Waals surface area contributed by atoms with Gasteiger partial charge in [-0.1, -0.05) is 11.2 Å². The lowest BCUT2D eigenvalue weighted by Crippen LogP contribution is -2.71. The zero-order valence-electron chi connectivity index (χ0n) is 19.3. The van der Waals surface area contributed by atoms with Crippen molar-refractivity contribution in [2.24, 2.45) is 5.16 Å². The van der Waals surface area contributed by atoms with Gasteiger partial charge in [0.2, 0.25) is 0 Å². The number of fused-ring (bicyclic) bond motifs is 1. The minimum atomic E-state index is -1.17. The number of nitrogen functional groups attached to an aromatic ring is 1. The number of nitrogens with two attached hydrogens (primary N) is 1. The van der Waals surface area contributed by atoms with Crippen molar-refractivity contribution in [2.45, 2.75) is 30.4 Å². The maximum atomic E-state index is 13.1. The zero-order valence-corrected chi connectivity index (χ0v) is 21.7. The van der Waals surface area contributed by atoms with E-state index in [9.17, 15) is 19.5 Å². The number of nitrogens with zero attached hydrogens (tertiary/aromatic N) is 4. The van der Waals surface area contributed by atoms with Crippen LogP contribution in [0.2, 0.25) is 0 Å². The molecule has 1 aliphatic carbocycles. The molecule has 11 nitrogen and oxygen atoms in total. The molecular formula is C23H22N6O5S3. The Kier molecular flexibility index (Phi) is 7.48. The normalized spacial score (nSPS) is 21.6. The molecule has 0 spiro atoms. The molecule has 0 radical (unpaired) electrons. The Labute approximate surface area is 224 Å². The SMILES string of the molecule is Nc1nc(C(=NOC2CC2)C(=O)N[C@@H]2C(=O)N3C(C(=O)O)=C(CSC=Cc4cccnc4)CS[C@@H]23)cs1. The fraction of sp³-hybridized carbons (Fsp3) is 0.304. The summed E-state index contributed by atoms with van der Waals surface area (Å²) in [4.78, 5) is 52.9. The number of anilines is 1. The molecule has 2 aliphatic heterocycles. The number of nitrogens with one attached hydrogen (secondary N) is 1. The van der Waals surface area contributed by atoms with E-state index < -0.39 is 29.2 Å². The molecule has 37 heavy (non-hydrogen) atoms. The van der Waals surface area contributed by atoms with Gasteiger partial charge in [0.05, 0.1) is 0 Å². The molecule has 14 heteroatoms. The maximum absolute atomic E-state index is 13.1. The van der Waals surface area contributed by atoms with Crippen LogP contribution < -0.4 is 11.1 Å². The van der Waals surface area contributed by atoms with Gasteiger partial charge in [0.25, 0.3) is 11.8 Å². The number of thiazole rings is 1. The van der Waals surface area contributed by atoms with Crippen LogP contribution in [0.1, 0.15) is 24.1 Å². The zero-order chi connectivity index (χ0) is 25.9. The van der Waals surface area contributed by atoms with Gasteiger partial charge in [0.15, 0.2) is 10.8 Å². The Bertz CT molecular complexity index is 1310. The van der Waals surface area contributed by atoms with Crippen LogP contribution >= 0.6 is 34.9 Å². The molecule has 2 fully saturated rings. The number of β-lactam (4-membered cyclic amide) rings is 1. The molecule has 2 amide bonds. The molecule has 192 valence electrons. The molecule has 4 N–H and O–H groups in total. The second-order valence-corrected chi connectivity index (χ2v) is 11.2. The summed E-state index contributed by atoms with van der Waals surface area (Å²) in [6.45, 7) is 0. The lowest BCUT2D eigenvalue weighted by molar-refractivity contribution is -0.150. The molecule has 3 aliphatic rings. The third-order valence-electron chi connectivity index (χ3n) is 5.63. The van der Waals surface area contributed by atoms with Crippen LogP contribution in [0.15, 0.2) is 51.7 Å². The molecule has 2 atom stereocenters. The van der Waals surface area contributed by atoms with Gasteiger partial charge in [-0.05, 0) is 41.5 Å². The van der Waals surface area contributed by atoms with Gasteiger partial charge in [-0.25, -0.2) is 9.78 Å². The highest BCUT2D eigenvalue weighted by atomic mass is 32.2. The second kappa shape index (κ2) is 10.9. The van der Waals surface area contributed by atoms with Gasteiger partial charge < -0.3 is 21.0 Å². The molecule has 1 saturated carbocycles. The second-order valence-electron chi connectivity index (χ2n) is 8.33. The van der Waals surface area contributed by atoms with Gasteiger partial charge >= 0.3 is 5.97 Å². The average Bonchev–Trinajstić information content (AvgIpc) is 3.63. The number of rotatable bonds is 10. The Morgan fingerprint density at radius 1 is 1.41 bits per heavy atom. The van der Waals surface area contributed by atoms with Crippen molar-refractivity contribution in [2.75, 3.05) is 17.2 Å². The highest BCUT2D eigenvalue weighted by Crippen LogP contribution is 2.41. The fourth-order valence-corrected chi connectivity index (χ4v) is 6.47. The van der Waals surface area contributed by atoms with Crippen LogP contribution in [0, 0.1) is 0 Å². The lowest BCUT2D eigenvalue weighted by atomic mass is 10.0. The number of aliphatic carboxylic acids is 1. The van der Waals surface area contributed by atoms with E-state index in [0.29, 0.717) is 17.1 Å². The van der Waals surface area contributed by atoms with Crippen LogP contribution in [-0.2, 0) is 19.2 Å². The van der Waals surface area contributed by atoms with Gasteiger partial charge in [-0.3, -0.25) is 19.5 Å². The average molecular weight is 559 g/mol. The Morgan fingerprint density at radius 2 is 2.24 bits per heavy atom. The van der Waals surface area contributed by atoms with Gasteiger partial charge in [0.1, 0.15) is 28.9 Å². The van der Waals surface area contributed by atoms with Crippen molar-refractivity contribution in [1.82, 2.24) is 20.2 Å². The molecule has 0 unspecified atom stereocenters. The minimum Gasteiger partial charge on any atom is -0.477 e. The molecular weight excluding hydrogens is 536 g/mol. The number of hydrogen-bond acceptors (Lipinski definition) is 11. The standard InChI is InChI=1S/C23H22N6O5S3/c24-23-26-15(11-37-23)16(28-34-14-3-4-14)19(30)27-17-20(31)29-18(22(32)33)13(10-36-21(17)29)9-35-7-5-12-2-1-6-25-8-12/h1-2,5-8,11,14,17,21H,3-4,9-10H2,(H2,24,26)(H,27,30)(H,32,33)/t17-,21+/m1/s1. The Balaban J connectivity index is 1.26. The smallest absolute Gasteiger partial charge is 0.352 e. The van der Waals surface area contributed by atoms with E-state index in [1.165, 1.54) is 28.4 Å². The topological polar surface area (TPSA) is 160 Å². The van der Waals surface area contributed by atoms with Crippen molar-refractivity contribution in [1.29, 1.82) is 0 Å². The van der Waals surface area contributed by atoms with E-state index in [2.05, 4.69) is 20.4 Å². The number of oxime groups is 1. The van der Waals surface area contributed by atoms with Crippen LogP contribution in [0.4, 0.5) is 5.13 Å². The lowest BCUT2D eigenvalue weighted by Gasteiger charge is -2.49. The van der Waals surface area contributed by atoms with Gasteiger partial charge in [0, 0.05) is 29.3 Å². The summed E-state index contributed by atoms with van der Waals surface area (Å²) in [5.41, 5.74) is 7.44. The summed E-state index contributed by atoms with van der Waals surface area (Å²) in [5, 5.41) is 19.7. The van der Waals surface area contributed by atoms with Crippen LogP contribution in [0.25, 0.3) is 6.08 Å². The maximum Gasteiger partial charge on any atom is 0.352 e. The summed E-state index contributed by atoms with van der Waals surface area (Å²) in [7, 11) is 0. The van der Waals surface area contributed by atoms with E-state index >= 15 is 0 Å². The first kappa shape index (κ1) is 25.3. The molecule has 2 aromatic rings. The number of hydrogen-bond donors (Lipinski definition) is 3. The first-order valence-corrected chi connectivity index (χ1v) is 14.2. The van der Waals surface area contributed by atoms with Crippen molar-refractivity contribution >= 4 is 69.6 Å². The van der Waals surface area contributed by atoms with E-state index in [1.807, 2.05) is 23.6 Å². The molecule has 0 bridgehead atoms. The third kappa shape index (κ3) is 5.65. The third-order valence-corrected chi connectivity index (χ3v) is 8.49. The van der Waals surface area contributed by atoms with Crippen molar-refractivity contribution < 1.29 is 24.3 Å². The van der Waals surface area contributed by atoms with E-state index in [-0.39, 0.29) is 28.3 Å². The molecule has 1 saturated heterocycles. The van der Waals surface area contributed by atoms with E-state index in [1.54, 1.807) is 17.8 Å². The largest absolute Gasteiger partial charge is 0.477 e. The number of pyridine rings is 1. The summed E-state index contributed by atoms with van der Waals surface area (Å²) in [5.74, 6) is -1.46. The summed E-state index contributed by atoms with van der Waals surface area (Å²) in [6.07, 6.45) is 6.99. The number of amides is 2. The first-order valence-electron chi connectivity index (χ1n) is 11.3. The number of carbonyl (C=O) groups excluding carboxylic acids is 2. The molecule has 5 rings (SSSR count). The summed E-state index contributed by atoms with van der Waals surface area (Å²) >= 11 is 4.00. The van der Waals surface area contributed by atoms with Crippen LogP contribution in [-0.4, -0.2) is 72.5 Å². The predicted octanol–water partition coefficient (Wildman–Crippen LogP) is 2.15. The highest BCUT2D eigenvalue weighted by Gasteiger charge is 2.54. The number of carbonyl (C=O) groups is 3. The van der Waals surface area contributed by atoms with Crippen molar-refractivity contribution in [3.63, 3.8) is 0 Å².